The van der Waals surface area contributed by atoms with Crippen LogP contribution in [0.25, 0.3) is 0 Å². The van der Waals surface area contributed by atoms with Gasteiger partial charge in [-0.3, -0.25) is 4.90 Å². The zero-order chi connectivity index (χ0) is 15.4. The van der Waals surface area contributed by atoms with Gasteiger partial charge in [0, 0.05) is 32.1 Å². The lowest BCUT2D eigenvalue weighted by Gasteiger charge is -2.33. The van der Waals surface area contributed by atoms with Crippen LogP contribution in [0.2, 0.25) is 0 Å². The van der Waals surface area contributed by atoms with E-state index in [0.29, 0.717) is 6.04 Å². The first-order valence-corrected chi connectivity index (χ1v) is 8.06. The lowest BCUT2D eigenvalue weighted by Crippen LogP contribution is -2.28. The maximum absolute atomic E-state index is 5.18. The van der Waals surface area contributed by atoms with Crippen LogP contribution in [0.5, 0.6) is 0 Å². The monoisotopic (exact) mass is 299 g/mol. The Morgan fingerprint density at radius 2 is 2.23 bits per heavy atom. The number of hydrogen-bond donors (Lipinski definition) is 0. The Balaban J connectivity index is 1.73. The topological polar surface area (TPSA) is 30.3 Å². The first-order valence-electron chi connectivity index (χ1n) is 8.06. The Labute approximate surface area is 132 Å². The van der Waals surface area contributed by atoms with E-state index >= 15 is 0 Å². The smallest absolute Gasteiger partial charge is 0.122 e. The average Bonchev–Trinajstić information content (AvgIpc) is 2.99. The van der Waals surface area contributed by atoms with Gasteiger partial charge in [0.25, 0.3) is 0 Å². The van der Waals surface area contributed by atoms with E-state index in [4.69, 9.17) is 4.74 Å². The Kier molecular flexibility index (Phi) is 4.90. The molecule has 0 aliphatic heterocycles. The maximum atomic E-state index is 5.18. The highest BCUT2D eigenvalue weighted by atomic mass is 16.5. The molecule has 1 aliphatic rings. The molecule has 0 spiro atoms. The van der Waals surface area contributed by atoms with Gasteiger partial charge in [-0.05, 0) is 37.4 Å². The summed E-state index contributed by atoms with van der Waals surface area (Å²) in [4.78, 5) is 6.96. The quantitative estimate of drug-likeness (QED) is 0.821. The average molecular weight is 299 g/mol. The van der Waals surface area contributed by atoms with Gasteiger partial charge in [-0.1, -0.05) is 24.3 Å². The highest BCUT2D eigenvalue weighted by molar-refractivity contribution is 5.32. The molecule has 1 aliphatic carbocycles. The molecule has 118 valence electrons. The summed E-state index contributed by atoms with van der Waals surface area (Å²) in [6, 6.07) is 9.36. The minimum atomic E-state index is 0.498. The Morgan fingerprint density at radius 1 is 1.36 bits per heavy atom. The van der Waals surface area contributed by atoms with Crippen molar-refractivity contribution in [2.24, 2.45) is 0 Å². The molecule has 22 heavy (non-hydrogen) atoms. The van der Waals surface area contributed by atoms with Crippen LogP contribution in [0.4, 0.5) is 0 Å². The molecule has 3 rings (SSSR count). The van der Waals surface area contributed by atoms with Gasteiger partial charge in [0.05, 0.1) is 13.2 Å². The van der Waals surface area contributed by atoms with E-state index in [2.05, 4.69) is 45.8 Å². The van der Waals surface area contributed by atoms with Crippen LogP contribution in [-0.2, 0) is 24.2 Å². The lowest BCUT2D eigenvalue weighted by molar-refractivity contribution is 0.179. The van der Waals surface area contributed by atoms with Crippen molar-refractivity contribution in [2.45, 2.75) is 38.4 Å². The van der Waals surface area contributed by atoms with Crippen LogP contribution in [0.3, 0.4) is 0 Å². The molecule has 0 N–H and O–H groups in total. The summed E-state index contributed by atoms with van der Waals surface area (Å²) in [5.41, 5.74) is 3.00. The van der Waals surface area contributed by atoms with Crippen molar-refractivity contribution in [2.75, 3.05) is 20.8 Å². The fourth-order valence-electron chi connectivity index (χ4n) is 3.40. The first kappa shape index (κ1) is 15.3. The summed E-state index contributed by atoms with van der Waals surface area (Å²) in [5.74, 6) is 1.11. The Bertz CT molecular complexity index is 608. The third-order valence-corrected chi connectivity index (χ3v) is 4.60. The van der Waals surface area contributed by atoms with Crippen molar-refractivity contribution < 1.29 is 4.74 Å². The normalized spacial score (nSPS) is 17.7. The molecule has 2 aromatic rings. The summed E-state index contributed by atoms with van der Waals surface area (Å²) in [5, 5.41) is 0. The number of nitrogens with zero attached hydrogens (tertiary/aromatic N) is 3. The minimum absolute atomic E-state index is 0.498. The molecule has 0 radical (unpaired) electrons. The van der Waals surface area contributed by atoms with Crippen molar-refractivity contribution in [3.05, 3.63) is 53.6 Å². The summed E-state index contributed by atoms with van der Waals surface area (Å²) >= 11 is 0. The Morgan fingerprint density at radius 3 is 3.09 bits per heavy atom. The van der Waals surface area contributed by atoms with Crippen molar-refractivity contribution in [3.8, 4) is 0 Å². The molecular formula is C18H25N3O. The van der Waals surface area contributed by atoms with E-state index in [1.54, 1.807) is 7.11 Å². The second kappa shape index (κ2) is 7.07. The maximum Gasteiger partial charge on any atom is 0.122 e. The lowest BCUT2D eigenvalue weighted by atomic mass is 9.87. The van der Waals surface area contributed by atoms with Crippen molar-refractivity contribution in [3.63, 3.8) is 0 Å². The summed E-state index contributed by atoms with van der Waals surface area (Å²) in [6.45, 7) is 2.45. The van der Waals surface area contributed by atoms with Crippen molar-refractivity contribution in [1.82, 2.24) is 14.5 Å². The molecule has 0 fully saturated rings. The van der Waals surface area contributed by atoms with Crippen LogP contribution >= 0.6 is 0 Å². The van der Waals surface area contributed by atoms with Gasteiger partial charge in [-0.15, -0.1) is 0 Å². The number of aryl methyl sites for hydroxylation is 1. The van der Waals surface area contributed by atoms with E-state index in [-0.39, 0.29) is 0 Å². The van der Waals surface area contributed by atoms with E-state index in [1.807, 2.05) is 12.4 Å². The molecule has 0 amide bonds. The van der Waals surface area contributed by atoms with Crippen molar-refractivity contribution >= 4 is 0 Å². The zero-order valence-corrected chi connectivity index (χ0v) is 13.5. The summed E-state index contributed by atoms with van der Waals surface area (Å²) in [7, 11) is 3.95. The highest BCUT2D eigenvalue weighted by Crippen LogP contribution is 2.33. The molecule has 4 nitrogen and oxygen atoms in total. The van der Waals surface area contributed by atoms with E-state index < -0.39 is 0 Å². The fraction of sp³-hybridized carbons (Fsp3) is 0.500. The van der Waals surface area contributed by atoms with Crippen LogP contribution in [0.15, 0.2) is 36.7 Å². The summed E-state index contributed by atoms with van der Waals surface area (Å²) < 4.78 is 7.36. The Hall–Kier alpha value is -1.65. The van der Waals surface area contributed by atoms with Gasteiger partial charge in [0.2, 0.25) is 0 Å². The van der Waals surface area contributed by atoms with Gasteiger partial charge < -0.3 is 9.30 Å². The molecule has 4 heteroatoms. The van der Waals surface area contributed by atoms with Gasteiger partial charge >= 0.3 is 0 Å². The predicted octanol–water partition coefficient (Wildman–Crippen LogP) is 3.04. The van der Waals surface area contributed by atoms with Gasteiger partial charge in [0.1, 0.15) is 5.82 Å². The molecule has 0 saturated heterocycles. The molecule has 1 atom stereocenters. The molecule has 0 saturated carbocycles. The fourth-order valence-corrected chi connectivity index (χ4v) is 3.40. The number of ether oxygens (including phenoxy) is 1. The van der Waals surface area contributed by atoms with E-state index in [9.17, 15) is 0 Å². The molecule has 1 heterocycles. The van der Waals surface area contributed by atoms with Crippen LogP contribution in [-0.4, -0.2) is 35.2 Å². The van der Waals surface area contributed by atoms with Gasteiger partial charge in [-0.2, -0.15) is 0 Å². The number of hydrogen-bond acceptors (Lipinski definition) is 3. The second-order valence-corrected chi connectivity index (χ2v) is 6.05. The highest BCUT2D eigenvalue weighted by Gasteiger charge is 2.24. The number of aromatic nitrogens is 2. The van der Waals surface area contributed by atoms with E-state index in [1.165, 1.54) is 30.4 Å². The number of fused-ring (bicyclic) bond motifs is 1. The van der Waals surface area contributed by atoms with E-state index in [0.717, 1.165) is 25.5 Å². The van der Waals surface area contributed by atoms with Gasteiger partial charge in [0.15, 0.2) is 0 Å². The third-order valence-electron chi connectivity index (χ3n) is 4.60. The third kappa shape index (κ3) is 3.23. The van der Waals surface area contributed by atoms with Crippen LogP contribution < -0.4 is 0 Å². The number of rotatable bonds is 6. The predicted molar refractivity (Wildman–Crippen MR) is 87.7 cm³/mol. The molecule has 1 unspecified atom stereocenters. The zero-order valence-electron chi connectivity index (χ0n) is 13.5. The minimum Gasteiger partial charge on any atom is -0.383 e. The van der Waals surface area contributed by atoms with Crippen molar-refractivity contribution in [1.29, 1.82) is 0 Å². The SMILES string of the molecule is COCCn1ccnc1CN(C)C1CCCc2ccccc21. The summed E-state index contributed by atoms with van der Waals surface area (Å²) in [6.07, 6.45) is 7.63. The largest absolute Gasteiger partial charge is 0.383 e. The number of imidazole rings is 1. The molecule has 0 bridgehead atoms. The van der Waals surface area contributed by atoms with Crippen LogP contribution in [0.1, 0.15) is 35.8 Å². The molecule has 1 aromatic carbocycles. The first-order chi connectivity index (χ1) is 10.8. The van der Waals surface area contributed by atoms with Crippen LogP contribution in [0, 0.1) is 0 Å². The standard InChI is InChI=1S/C18H25N3O/c1-20(14-18-19-10-11-21(18)12-13-22-2)17-9-5-7-15-6-3-4-8-16(15)17/h3-4,6,8,10-11,17H,5,7,9,12-14H2,1-2H3. The second-order valence-electron chi connectivity index (χ2n) is 6.05. The van der Waals surface area contributed by atoms with Gasteiger partial charge in [-0.25, -0.2) is 4.98 Å². The number of methoxy groups -OCH3 is 1. The number of benzene rings is 1. The molecular weight excluding hydrogens is 274 g/mol. The molecule has 1 aromatic heterocycles.